The second kappa shape index (κ2) is 9.19. The first-order valence-electron chi connectivity index (χ1n) is 5.29. The van der Waals surface area contributed by atoms with Crippen LogP contribution in [-0.2, 0) is 0 Å². The SMILES string of the molecule is CCCNC(=NCC(C)SC)NCC. The largest absolute Gasteiger partial charge is 0.357 e. The Morgan fingerprint density at radius 3 is 2.57 bits per heavy atom. The van der Waals surface area contributed by atoms with Crippen LogP contribution in [0.2, 0.25) is 0 Å². The van der Waals surface area contributed by atoms with E-state index in [0.29, 0.717) is 5.25 Å². The van der Waals surface area contributed by atoms with Crippen molar-refractivity contribution in [3.63, 3.8) is 0 Å². The molecule has 0 saturated carbocycles. The second-order valence-corrected chi connectivity index (χ2v) is 4.47. The van der Waals surface area contributed by atoms with Gasteiger partial charge in [-0.2, -0.15) is 11.8 Å². The Bertz CT molecular complexity index is 159. The molecule has 4 heteroatoms. The van der Waals surface area contributed by atoms with Crippen molar-refractivity contribution < 1.29 is 0 Å². The molecule has 0 spiro atoms. The van der Waals surface area contributed by atoms with Crippen molar-refractivity contribution in [3.8, 4) is 0 Å². The molecule has 0 rings (SSSR count). The molecule has 3 nitrogen and oxygen atoms in total. The minimum Gasteiger partial charge on any atom is -0.357 e. The van der Waals surface area contributed by atoms with E-state index in [1.807, 2.05) is 11.8 Å². The van der Waals surface area contributed by atoms with Gasteiger partial charge >= 0.3 is 0 Å². The lowest BCUT2D eigenvalue weighted by molar-refractivity contribution is 0.782. The summed E-state index contributed by atoms with van der Waals surface area (Å²) in [6, 6.07) is 0. The van der Waals surface area contributed by atoms with Gasteiger partial charge in [0.25, 0.3) is 0 Å². The Morgan fingerprint density at radius 2 is 2.07 bits per heavy atom. The molecule has 1 atom stereocenters. The predicted octanol–water partition coefficient (Wildman–Crippen LogP) is 1.70. The van der Waals surface area contributed by atoms with Crippen LogP contribution >= 0.6 is 11.8 Å². The summed E-state index contributed by atoms with van der Waals surface area (Å²) in [5, 5.41) is 7.10. The summed E-state index contributed by atoms with van der Waals surface area (Å²) in [7, 11) is 0. The highest BCUT2D eigenvalue weighted by Gasteiger charge is 1.99. The maximum atomic E-state index is 4.50. The topological polar surface area (TPSA) is 36.4 Å². The summed E-state index contributed by atoms with van der Waals surface area (Å²) in [5.74, 6) is 0.940. The van der Waals surface area contributed by atoms with Gasteiger partial charge in [0.05, 0.1) is 6.54 Å². The van der Waals surface area contributed by atoms with Gasteiger partial charge in [-0.3, -0.25) is 4.99 Å². The Hall–Kier alpha value is -0.380. The fourth-order valence-electron chi connectivity index (χ4n) is 0.880. The van der Waals surface area contributed by atoms with Gasteiger partial charge in [0.15, 0.2) is 5.96 Å². The van der Waals surface area contributed by atoms with Crippen LogP contribution in [0.25, 0.3) is 0 Å². The van der Waals surface area contributed by atoms with Gasteiger partial charge in [-0.15, -0.1) is 0 Å². The molecule has 0 fully saturated rings. The average Bonchev–Trinajstić information content (AvgIpc) is 2.21. The molecule has 0 amide bonds. The summed E-state index contributed by atoms with van der Waals surface area (Å²) in [4.78, 5) is 4.50. The molecule has 0 aliphatic carbocycles. The number of nitrogens with zero attached hydrogens (tertiary/aromatic N) is 1. The maximum absolute atomic E-state index is 4.50. The maximum Gasteiger partial charge on any atom is 0.191 e. The standard InChI is InChI=1S/C10H23N3S/c1-5-7-12-10(11-6-2)13-8-9(3)14-4/h9H,5-8H2,1-4H3,(H2,11,12,13). The third-order valence-electron chi connectivity index (χ3n) is 1.80. The molecule has 14 heavy (non-hydrogen) atoms. The normalized spacial score (nSPS) is 13.9. The second-order valence-electron chi connectivity index (χ2n) is 3.19. The fourth-order valence-corrected chi connectivity index (χ4v) is 1.10. The highest BCUT2D eigenvalue weighted by atomic mass is 32.2. The predicted molar refractivity (Wildman–Crippen MR) is 67.2 cm³/mol. The van der Waals surface area contributed by atoms with E-state index in [1.54, 1.807) is 0 Å². The number of nitrogens with one attached hydrogen (secondary N) is 2. The van der Waals surface area contributed by atoms with Crippen molar-refractivity contribution in [2.24, 2.45) is 4.99 Å². The molecule has 0 aromatic rings. The van der Waals surface area contributed by atoms with Crippen molar-refractivity contribution >= 4 is 17.7 Å². The minimum absolute atomic E-state index is 0.590. The summed E-state index contributed by atoms with van der Waals surface area (Å²) in [6.45, 7) is 9.21. The molecule has 1 unspecified atom stereocenters. The van der Waals surface area contributed by atoms with Crippen molar-refractivity contribution in [2.45, 2.75) is 32.4 Å². The van der Waals surface area contributed by atoms with Gasteiger partial charge in [0, 0.05) is 18.3 Å². The lowest BCUT2D eigenvalue weighted by atomic mass is 10.5. The molecule has 0 aromatic heterocycles. The number of thioether (sulfide) groups is 1. The minimum atomic E-state index is 0.590. The highest BCUT2D eigenvalue weighted by Crippen LogP contribution is 2.04. The summed E-state index contributed by atoms with van der Waals surface area (Å²) < 4.78 is 0. The van der Waals surface area contributed by atoms with Gasteiger partial charge in [0.2, 0.25) is 0 Å². The van der Waals surface area contributed by atoms with Gasteiger partial charge in [0.1, 0.15) is 0 Å². The number of rotatable bonds is 6. The number of hydrogen-bond acceptors (Lipinski definition) is 2. The summed E-state index contributed by atoms with van der Waals surface area (Å²) >= 11 is 1.85. The van der Waals surface area contributed by atoms with Crippen molar-refractivity contribution in [1.29, 1.82) is 0 Å². The fraction of sp³-hybridized carbons (Fsp3) is 0.900. The quantitative estimate of drug-likeness (QED) is 0.525. The summed E-state index contributed by atoms with van der Waals surface area (Å²) in [5.41, 5.74) is 0. The summed E-state index contributed by atoms with van der Waals surface area (Å²) in [6.07, 6.45) is 3.25. The molecular formula is C10H23N3S. The molecule has 0 bridgehead atoms. The van der Waals surface area contributed by atoms with Crippen LogP contribution < -0.4 is 10.6 Å². The molecule has 84 valence electrons. The van der Waals surface area contributed by atoms with Crippen LogP contribution in [0.3, 0.4) is 0 Å². The molecule has 0 aliphatic rings. The molecule has 0 aromatic carbocycles. The van der Waals surface area contributed by atoms with E-state index in [9.17, 15) is 0 Å². The van der Waals surface area contributed by atoms with Crippen LogP contribution in [0.5, 0.6) is 0 Å². The lowest BCUT2D eigenvalue weighted by Gasteiger charge is -2.11. The lowest BCUT2D eigenvalue weighted by Crippen LogP contribution is -2.38. The van der Waals surface area contributed by atoms with E-state index in [1.165, 1.54) is 0 Å². The van der Waals surface area contributed by atoms with E-state index < -0.39 is 0 Å². The average molecular weight is 217 g/mol. The third-order valence-corrected chi connectivity index (χ3v) is 2.75. The van der Waals surface area contributed by atoms with Crippen LogP contribution in [0, 0.1) is 0 Å². The van der Waals surface area contributed by atoms with Crippen LogP contribution in [0.4, 0.5) is 0 Å². The first kappa shape index (κ1) is 13.6. The Balaban J connectivity index is 3.90. The molecule has 0 saturated heterocycles. The van der Waals surface area contributed by atoms with Gasteiger partial charge < -0.3 is 10.6 Å². The first-order chi connectivity index (χ1) is 6.74. The molecule has 0 aliphatic heterocycles. The van der Waals surface area contributed by atoms with Crippen molar-refractivity contribution in [2.75, 3.05) is 25.9 Å². The van der Waals surface area contributed by atoms with Gasteiger partial charge in [-0.05, 0) is 19.6 Å². The van der Waals surface area contributed by atoms with E-state index in [0.717, 1.165) is 32.0 Å². The molecule has 0 radical (unpaired) electrons. The zero-order valence-corrected chi connectivity index (χ0v) is 10.6. The Kier molecular flexibility index (Phi) is 8.94. The van der Waals surface area contributed by atoms with Crippen molar-refractivity contribution in [3.05, 3.63) is 0 Å². The zero-order valence-electron chi connectivity index (χ0n) is 9.76. The van der Waals surface area contributed by atoms with Crippen LogP contribution in [0.15, 0.2) is 4.99 Å². The van der Waals surface area contributed by atoms with Gasteiger partial charge in [-0.1, -0.05) is 13.8 Å². The third kappa shape index (κ3) is 7.06. The number of guanidine groups is 1. The Morgan fingerprint density at radius 1 is 1.36 bits per heavy atom. The molecule has 2 N–H and O–H groups in total. The molecular weight excluding hydrogens is 194 g/mol. The van der Waals surface area contributed by atoms with E-state index in [4.69, 9.17) is 0 Å². The highest BCUT2D eigenvalue weighted by molar-refractivity contribution is 7.99. The Labute approximate surface area is 92.1 Å². The van der Waals surface area contributed by atoms with Gasteiger partial charge in [-0.25, -0.2) is 0 Å². The number of hydrogen-bond donors (Lipinski definition) is 2. The number of aliphatic imine (C=N–C) groups is 1. The molecule has 0 heterocycles. The van der Waals surface area contributed by atoms with E-state index in [-0.39, 0.29) is 0 Å². The smallest absolute Gasteiger partial charge is 0.191 e. The van der Waals surface area contributed by atoms with Crippen LogP contribution in [-0.4, -0.2) is 37.1 Å². The first-order valence-corrected chi connectivity index (χ1v) is 6.58. The van der Waals surface area contributed by atoms with E-state index in [2.05, 4.69) is 42.7 Å². The monoisotopic (exact) mass is 217 g/mol. The zero-order chi connectivity index (χ0) is 10.8. The van der Waals surface area contributed by atoms with Crippen LogP contribution in [0.1, 0.15) is 27.2 Å². The van der Waals surface area contributed by atoms with E-state index >= 15 is 0 Å². The van der Waals surface area contributed by atoms with Crippen molar-refractivity contribution in [1.82, 2.24) is 10.6 Å².